The molecule has 8 heteroatoms. The highest BCUT2D eigenvalue weighted by Crippen LogP contribution is 2.26. The van der Waals surface area contributed by atoms with Gasteiger partial charge in [-0.25, -0.2) is 15.0 Å². The minimum absolute atomic E-state index is 0.142. The summed E-state index contributed by atoms with van der Waals surface area (Å²) in [6, 6.07) is 0.146. The first-order valence-electron chi connectivity index (χ1n) is 9.23. The SMILES string of the molecule is Cc1nc2c(s1)CC(NC(=O)c1cnc(N3CCCNCC3)cn1)CC2. The van der Waals surface area contributed by atoms with Crippen molar-refractivity contribution in [1.29, 1.82) is 0 Å². The first-order chi connectivity index (χ1) is 12.7. The predicted octanol–water partition coefficient (Wildman–Crippen LogP) is 1.33. The van der Waals surface area contributed by atoms with Crippen LogP contribution in [0.4, 0.5) is 5.82 Å². The molecule has 1 aliphatic carbocycles. The van der Waals surface area contributed by atoms with E-state index >= 15 is 0 Å². The van der Waals surface area contributed by atoms with Gasteiger partial charge in [-0.3, -0.25) is 4.79 Å². The lowest BCUT2D eigenvalue weighted by atomic mass is 9.97. The van der Waals surface area contributed by atoms with Crippen LogP contribution in [0.1, 0.15) is 38.9 Å². The van der Waals surface area contributed by atoms with E-state index in [1.165, 1.54) is 10.6 Å². The molecule has 1 fully saturated rings. The molecule has 7 nitrogen and oxygen atoms in total. The highest BCUT2D eigenvalue weighted by atomic mass is 32.1. The van der Waals surface area contributed by atoms with Gasteiger partial charge in [-0.1, -0.05) is 0 Å². The van der Waals surface area contributed by atoms with Crippen molar-refractivity contribution in [1.82, 2.24) is 25.6 Å². The molecule has 0 bridgehead atoms. The van der Waals surface area contributed by atoms with Crippen LogP contribution >= 0.6 is 11.3 Å². The van der Waals surface area contributed by atoms with E-state index in [1.807, 2.05) is 6.92 Å². The summed E-state index contributed by atoms with van der Waals surface area (Å²) in [5.74, 6) is 0.698. The molecular weight excluding hydrogens is 348 g/mol. The van der Waals surface area contributed by atoms with E-state index in [2.05, 4.69) is 30.5 Å². The van der Waals surface area contributed by atoms with Crippen LogP contribution in [0.25, 0.3) is 0 Å². The summed E-state index contributed by atoms with van der Waals surface area (Å²) in [5, 5.41) is 7.59. The van der Waals surface area contributed by atoms with E-state index in [-0.39, 0.29) is 11.9 Å². The van der Waals surface area contributed by atoms with Gasteiger partial charge in [0.1, 0.15) is 11.5 Å². The number of amides is 1. The third-order valence-electron chi connectivity index (χ3n) is 4.92. The zero-order valence-corrected chi connectivity index (χ0v) is 15.8. The molecule has 4 rings (SSSR count). The molecule has 26 heavy (non-hydrogen) atoms. The minimum Gasteiger partial charge on any atom is -0.354 e. The molecule has 2 N–H and O–H groups in total. The molecule has 1 amide bonds. The van der Waals surface area contributed by atoms with Gasteiger partial charge in [-0.15, -0.1) is 11.3 Å². The highest BCUT2D eigenvalue weighted by molar-refractivity contribution is 7.11. The predicted molar refractivity (Wildman–Crippen MR) is 102 cm³/mol. The Hall–Kier alpha value is -2.06. The van der Waals surface area contributed by atoms with E-state index in [0.717, 1.165) is 62.7 Å². The number of hydrogen-bond donors (Lipinski definition) is 2. The van der Waals surface area contributed by atoms with Crippen LogP contribution < -0.4 is 15.5 Å². The van der Waals surface area contributed by atoms with Gasteiger partial charge < -0.3 is 15.5 Å². The number of fused-ring (bicyclic) bond motifs is 1. The second-order valence-electron chi connectivity index (χ2n) is 6.87. The lowest BCUT2D eigenvalue weighted by Crippen LogP contribution is -2.39. The number of aromatic nitrogens is 3. The maximum atomic E-state index is 12.5. The van der Waals surface area contributed by atoms with Crippen molar-refractivity contribution in [2.45, 2.75) is 38.6 Å². The zero-order valence-electron chi connectivity index (χ0n) is 15.0. The number of aryl methyl sites for hydroxylation is 2. The third-order valence-corrected chi connectivity index (χ3v) is 5.95. The van der Waals surface area contributed by atoms with Crippen molar-refractivity contribution < 1.29 is 4.79 Å². The molecule has 3 heterocycles. The van der Waals surface area contributed by atoms with E-state index in [1.54, 1.807) is 23.7 Å². The molecule has 1 aliphatic heterocycles. The lowest BCUT2D eigenvalue weighted by molar-refractivity contribution is 0.0928. The van der Waals surface area contributed by atoms with Crippen LogP contribution in [0, 0.1) is 6.92 Å². The standard InChI is InChI=1S/C18H24N6OS/c1-12-22-14-4-3-13(9-16(14)26-12)23-18(25)15-10-21-17(11-20-15)24-7-2-5-19-6-8-24/h10-11,13,19H,2-9H2,1H3,(H,23,25). The first kappa shape index (κ1) is 17.4. The Morgan fingerprint density at radius 1 is 1.31 bits per heavy atom. The molecule has 1 unspecified atom stereocenters. The van der Waals surface area contributed by atoms with E-state index < -0.39 is 0 Å². The summed E-state index contributed by atoms with van der Waals surface area (Å²) in [6.07, 6.45) is 7.11. The monoisotopic (exact) mass is 372 g/mol. The molecule has 2 aromatic heterocycles. The summed E-state index contributed by atoms with van der Waals surface area (Å²) in [4.78, 5) is 29.4. The number of rotatable bonds is 3. The molecule has 0 spiro atoms. The number of carbonyl (C=O) groups is 1. The Morgan fingerprint density at radius 3 is 3.08 bits per heavy atom. The average molecular weight is 372 g/mol. The molecule has 0 aromatic carbocycles. The van der Waals surface area contributed by atoms with Crippen LogP contribution in [0.5, 0.6) is 0 Å². The number of nitrogens with one attached hydrogen (secondary N) is 2. The molecular formula is C18H24N6OS. The van der Waals surface area contributed by atoms with Crippen LogP contribution in [0.15, 0.2) is 12.4 Å². The first-order valence-corrected chi connectivity index (χ1v) is 10.0. The fraction of sp³-hybridized carbons (Fsp3) is 0.556. The Bertz CT molecular complexity index is 766. The maximum Gasteiger partial charge on any atom is 0.271 e. The molecule has 2 aliphatic rings. The van der Waals surface area contributed by atoms with Gasteiger partial charge >= 0.3 is 0 Å². The Morgan fingerprint density at radius 2 is 2.23 bits per heavy atom. The molecule has 138 valence electrons. The van der Waals surface area contributed by atoms with Crippen molar-refractivity contribution in [3.05, 3.63) is 33.7 Å². The zero-order chi connectivity index (χ0) is 17.9. The van der Waals surface area contributed by atoms with E-state index in [4.69, 9.17) is 0 Å². The summed E-state index contributed by atoms with van der Waals surface area (Å²) in [5.41, 5.74) is 1.59. The third kappa shape index (κ3) is 3.86. The Labute approximate surface area is 157 Å². The van der Waals surface area contributed by atoms with Gasteiger partial charge in [0, 0.05) is 37.0 Å². The Kier molecular flexibility index (Phi) is 5.12. The van der Waals surface area contributed by atoms with Gasteiger partial charge in [0.05, 0.1) is 23.1 Å². The fourth-order valence-corrected chi connectivity index (χ4v) is 4.63. The van der Waals surface area contributed by atoms with Gasteiger partial charge in [0.15, 0.2) is 0 Å². The average Bonchev–Trinajstić information content (AvgIpc) is 2.84. The van der Waals surface area contributed by atoms with Crippen molar-refractivity contribution in [3.8, 4) is 0 Å². The smallest absolute Gasteiger partial charge is 0.271 e. The van der Waals surface area contributed by atoms with Crippen molar-refractivity contribution in [3.63, 3.8) is 0 Å². The van der Waals surface area contributed by atoms with Gasteiger partial charge in [-0.2, -0.15) is 0 Å². The summed E-state index contributed by atoms with van der Waals surface area (Å²) < 4.78 is 0. The summed E-state index contributed by atoms with van der Waals surface area (Å²) in [7, 11) is 0. The molecule has 0 radical (unpaired) electrons. The topological polar surface area (TPSA) is 83.0 Å². The van der Waals surface area contributed by atoms with Gasteiger partial charge in [0.25, 0.3) is 5.91 Å². The number of thiazole rings is 1. The second-order valence-corrected chi connectivity index (χ2v) is 8.15. The molecule has 2 aromatic rings. The van der Waals surface area contributed by atoms with Crippen LogP contribution in [-0.4, -0.2) is 53.1 Å². The minimum atomic E-state index is -0.142. The summed E-state index contributed by atoms with van der Waals surface area (Å²) >= 11 is 1.74. The Balaban J connectivity index is 1.37. The van der Waals surface area contributed by atoms with Gasteiger partial charge in [-0.05, 0) is 32.7 Å². The lowest BCUT2D eigenvalue weighted by Gasteiger charge is -2.22. The van der Waals surface area contributed by atoms with E-state index in [0.29, 0.717) is 5.69 Å². The summed E-state index contributed by atoms with van der Waals surface area (Å²) in [6.45, 7) is 5.90. The van der Waals surface area contributed by atoms with Crippen LogP contribution in [0.3, 0.4) is 0 Å². The van der Waals surface area contributed by atoms with Crippen molar-refractivity contribution in [2.75, 3.05) is 31.1 Å². The quantitative estimate of drug-likeness (QED) is 0.846. The van der Waals surface area contributed by atoms with Gasteiger partial charge in [0.2, 0.25) is 0 Å². The largest absolute Gasteiger partial charge is 0.354 e. The molecule has 1 atom stereocenters. The second kappa shape index (κ2) is 7.67. The number of hydrogen-bond acceptors (Lipinski definition) is 7. The van der Waals surface area contributed by atoms with Crippen molar-refractivity contribution in [2.24, 2.45) is 0 Å². The highest BCUT2D eigenvalue weighted by Gasteiger charge is 2.24. The normalized spacial score (nSPS) is 20.3. The molecule has 0 saturated carbocycles. The number of anilines is 1. The van der Waals surface area contributed by atoms with Crippen LogP contribution in [-0.2, 0) is 12.8 Å². The van der Waals surface area contributed by atoms with Crippen molar-refractivity contribution >= 4 is 23.1 Å². The molecule has 1 saturated heterocycles. The number of nitrogens with zero attached hydrogens (tertiary/aromatic N) is 4. The fourth-order valence-electron chi connectivity index (χ4n) is 3.56. The number of carbonyl (C=O) groups excluding carboxylic acids is 1. The van der Waals surface area contributed by atoms with E-state index in [9.17, 15) is 4.79 Å². The van der Waals surface area contributed by atoms with Crippen LogP contribution in [0.2, 0.25) is 0 Å². The maximum absolute atomic E-state index is 12.5.